The van der Waals surface area contributed by atoms with Crippen molar-refractivity contribution in [2.24, 2.45) is 0 Å². The quantitative estimate of drug-likeness (QED) is 0.203. The molecule has 0 saturated carbocycles. The maximum atomic E-state index is 3.53. The Kier molecular flexibility index (Phi) is 8.30. The number of fused-ring (bicyclic) bond motifs is 8. The fourth-order valence-corrected chi connectivity index (χ4v) is 9.64. The predicted octanol–water partition coefficient (Wildman–Crippen LogP) is 13.3. The maximum Gasteiger partial charge on any atom is 0.0386 e. The Bertz CT molecular complexity index is 2240. The number of thioether (sulfide) groups is 1. The summed E-state index contributed by atoms with van der Waals surface area (Å²) >= 11 is 2.06. The molecule has 242 valence electrons. The molecule has 3 aliphatic carbocycles. The van der Waals surface area contributed by atoms with Crippen LogP contribution in [0.5, 0.6) is 0 Å². The summed E-state index contributed by atoms with van der Waals surface area (Å²) in [4.78, 5) is 1.48. The van der Waals surface area contributed by atoms with E-state index < -0.39 is 0 Å². The third-order valence-electron chi connectivity index (χ3n) is 10.6. The molecule has 1 N–H and O–H groups in total. The fraction of sp³-hybridized carbons (Fsp3) is 0.191. The van der Waals surface area contributed by atoms with Crippen LogP contribution >= 0.6 is 11.8 Å². The number of allylic oxidation sites excluding steroid dienone is 8. The molecule has 0 saturated heterocycles. The average Bonchev–Trinajstić information content (AvgIpc) is 3.64. The molecule has 0 radical (unpaired) electrons. The molecule has 2 heteroatoms. The second-order valence-corrected chi connectivity index (χ2v) is 14.8. The van der Waals surface area contributed by atoms with Crippen molar-refractivity contribution in [3.05, 3.63) is 174 Å². The molecule has 0 spiro atoms. The first-order valence-corrected chi connectivity index (χ1v) is 18.7. The van der Waals surface area contributed by atoms with Gasteiger partial charge in [0, 0.05) is 33.4 Å². The van der Waals surface area contributed by atoms with Crippen LogP contribution in [-0.2, 0) is 5.41 Å². The van der Waals surface area contributed by atoms with Crippen molar-refractivity contribution in [3.63, 3.8) is 0 Å². The van der Waals surface area contributed by atoms with E-state index in [9.17, 15) is 0 Å². The van der Waals surface area contributed by atoms with E-state index in [1.807, 2.05) is 13.8 Å². The topological polar surface area (TPSA) is 12.0 Å². The predicted molar refractivity (Wildman–Crippen MR) is 213 cm³/mol. The van der Waals surface area contributed by atoms with E-state index in [1.54, 1.807) is 0 Å². The first-order valence-electron chi connectivity index (χ1n) is 17.8. The van der Waals surface area contributed by atoms with Crippen molar-refractivity contribution < 1.29 is 0 Å². The first kappa shape index (κ1) is 31.5. The molecule has 0 fully saturated rings. The summed E-state index contributed by atoms with van der Waals surface area (Å²) in [7, 11) is 0. The molecule has 0 bridgehead atoms. The molecule has 0 amide bonds. The lowest BCUT2D eigenvalue weighted by Gasteiger charge is -2.22. The zero-order valence-electron chi connectivity index (χ0n) is 28.8. The van der Waals surface area contributed by atoms with Crippen LogP contribution in [0.25, 0.3) is 38.6 Å². The minimum absolute atomic E-state index is 0.0234. The van der Waals surface area contributed by atoms with Crippen molar-refractivity contribution in [1.82, 2.24) is 0 Å². The molecule has 5 aromatic rings. The number of benzene rings is 5. The van der Waals surface area contributed by atoms with Gasteiger partial charge in [-0.1, -0.05) is 143 Å². The van der Waals surface area contributed by atoms with E-state index in [1.165, 1.54) is 71.3 Å². The molecule has 1 heterocycles. The molecule has 4 aliphatic rings. The number of rotatable bonds is 5. The Morgan fingerprint density at radius 2 is 1.53 bits per heavy atom. The van der Waals surface area contributed by atoms with Gasteiger partial charge in [0.25, 0.3) is 0 Å². The summed E-state index contributed by atoms with van der Waals surface area (Å²) in [5, 5.41) is 6.52. The minimum Gasteiger partial charge on any atom is -0.362 e. The maximum absolute atomic E-state index is 3.53. The monoisotopic (exact) mass is 653 g/mol. The normalized spacial score (nSPS) is 19.3. The van der Waals surface area contributed by atoms with Crippen LogP contribution in [-0.4, -0.2) is 5.25 Å². The SMILES string of the molecule is CC.CC1(C)c2ccc(-c3ccccc3C3=C(/C=C/Nc4ccc5ccccc5c4)C=CCC3)cc2-c2c1ccc1c2SC2C=CC=CC12. The molecular formula is C47H43NS. The zero-order chi connectivity index (χ0) is 33.5. The van der Waals surface area contributed by atoms with Crippen molar-refractivity contribution in [2.75, 3.05) is 5.32 Å². The molecule has 2 atom stereocenters. The Balaban J connectivity index is 0.00000171. The summed E-state index contributed by atoms with van der Waals surface area (Å²) in [6.45, 7) is 8.79. The summed E-state index contributed by atoms with van der Waals surface area (Å²) in [6.07, 6.45) is 20.2. The van der Waals surface area contributed by atoms with Gasteiger partial charge >= 0.3 is 0 Å². The Morgan fingerprint density at radius 1 is 0.755 bits per heavy atom. The number of hydrogen-bond donors (Lipinski definition) is 1. The van der Waals surface area contributed by atoms with Crippen LogP contribution in [0, 0.1) is 0 Å². The molecule has 0 aromatic heterocycles. The minimum atomic E-state index is -0.0234. The van der Waals surface area contributed by atoms with Gasteiger partial charge < -0.3 is 5.32 Å². The van der Waals surface area contributed by atoms with Crippen LogP contribution in [0.1, 0.15) is 68.7 Å². The highest BCUT2D eigenvalue weighted by atomic mass is 32.2. The third-order valence-corrected chi connectivity index (χ3v) is 12.0. The largest absolute Gasteiger partial charge is 0.362 e. The molecule has 1 aliphatic heterocycles. The second-order valence-electron chi connectivity index (χ2n) is 13.6. The molecule has 5 aromatic carbocycles. The van der Waals surface area contributed by atoms with Crippen LogP contribution in [0.2, 0.25) is 0 Å². The molecule has 1 nitrogen and oxygen atoms in total. The molecular weight excluding hydrogens is 611 g/mol. The highest BCUT2D eigenvalue weighted by Crippen LogP contribution is 2.59. The van der Waals surface area contributed by atoms with E-state index >= 15 is 0 Å². The lowest BCUT2D eigenvalue weighted by Crippen LogP contribution is -2.15. The Morgan fingerprint density at radius 3 is 2.41 bits per heavy atom. The van der Waals surface area contributed by atoms with Gasteiger partial charge in [0.15, 0.2) is 0 Å². The summed E-state index contributed by atoms with van der Waals surface area (Å²) < 4.78 is 0. The van der Waals surface area contributed by atoms with Gasteiger partial charge in [-0.3, -0.25) is 0 Å². The fourth-order valence-electron chi connectivity index (χ4n) is 8.14. The Hall–Kier alpha value is -4.79. The summed E-state index contributed by atoms with van der Waals surface area (Å²) in [5.41, 5.74) is 14.9. The van der Waals surface area contributed by atoms with Gasteiger partial charge in [0.2, 0.25) is 0 Å². The van der Waals surface area contributed by atoms with Gasteiger partial charge in [0.05, 0.1) is 0 Å². The molecule has 2 unspecified atom stereocenters. The lowest BCUT2D eigenvalue weighted by molar-refractivity contribution is 0.659. The summed E-state index contributed by atoms with van der Waals surface area (Å²) in [6, 6.07) is 36.1. The van der Waals surface area contributed by atoms with Gasteiger partial charge in [-0.05, 0) is 104 Å². The lowest BCUT2D eigenvalue weighted by atomic mass is 9.81. The van der Waals surface area contributed by atoms with Gasteiger partial charge in [-0.15, -0.1) is 11.8 Å². The second kappa shape index (κ2) is 12.9. The average molecular weight is 654 g/mol. The standard InChI is InChI=1S/C45H37NS.C2H6/c1-45(2)40-23-20-32(28-39(40)43-41(45)24-22-38-37-17-9-10-18-42(37)47-44(38)43)35-15-7-8-16-36(35)34-14-6-5-12-30(34)25-26-46-33-21-19-29-11-3-4-13-31(29)27-33;1-2/h3-5,7-13,15-28,37,42,46H,6,14H2,1-2H3;1-2H3/b26-25+;. The van der Waals surface area contributed by atoms with Gasteiger partial charge in [-0.25, -0.2) is 0 Å². The number of anilines is 1. The van der Waals surface area contributed by atoms with Crippen LogP contribution in [0.3, 0.4) is 0 Å². The van der Waals surface area contributed by atoms with Crippen molar-refractivity contribution in [1.29, 1.82) is 0 Å². The van der Waals surface area contributed by atoms with Gasteiger partial charge in [-0.2, -0.15) is 0 Å². The number of hydrogen-bond acceptors (Lipinski definition) is 2. The van der Waals surface area contributed by atoms with E-state index in [2.05, 4.69) is 177 Å². The van der Waals surface area contributed by atoms with Crippen molar-refractivity contribution >= 4 is 33.8 Å². The van der Waals surface area contributed by atoms with Crippen molar-refractivity contribution in [3.8, 4) is 22.3 Å². The van der Waals surface area contributed by atoms with E-state index in [0.29, 0.717) is 11.2 Å². The van der Waals surface area contributed by atoms with Crippen LogP contribution in [0.15, 0.2) is 156 Å². The Labute approximate surface area is 295 Å². The van der Waals surface area contributed by atoms with Crippen LogP contribution in [0.4, 0.5) is 5.69 Å². The molecule has 9 rings (SSSR count). The van der Waals surface area contributed by atoms with E-state index in [4.69, 9.17) is 0 Å². The van der Waals surface area contributed by atoms with Gasteiger partial charge in [0.1, 0.15) is 0 Å². The zero-order valence-corrected chi connectivity index (χ0v) is 29.7. The third kappa shape index (κ3) is 5.43. The van der Waals surface area contributed by atoms with Crippen molar-refractivity contribution in [2.45, 2.75) is 62.0 Å². The molecule has 49 heavy (non-hydrogen) atoms. The first-order chi connectivity index (χ1) is 24.1. The van der Waals surface area contributed by atoms with Crippen LogP contribution < -0.4 is 5.32 Å². The van der Waals surface area contributed by atoms with E-state index in [-0.39, 0.29) is 5.41 Å². The summed E-state index contributed by atoms with van der Waals surface area (Å²) in [5.74, 6) is 0.467. The number of nitrogens with one attached hydrogen (secondary N) is 1. The van der Waals surface area contributed by atoms with E-state index in [0.717, 1.165) is 18.5 Å². The highest BCUT2D eigenvalue weighted by molar-refractivity contribution is 8.00. The smallest absolute Gasteiger partial charge is 0.0386 e. The highest BCUT2D eigenvalue weighted by Gasteiger charge is 2.41.